The topological polar surface area (TPSA) is 38.0 Å². The lowest BCUT2D eigenvalue weighted by Gasteiger charge is -2.17. The number of hydrogen-bond acceptors (Lipinski definition) is 2. The second-order valence-electron chi connectivity index (χ2n) is 4.74. The van der Waals surface area contributed by atoms with Gasteiger partial charge in [-0.05, 0) is 30.9 Å². The van der Waals surface area contributed by atoms with Crippen LogP contribution in [0.2, 0.25) is 0 Å². The van der Waals surface area contributed by atoms with Gasteiger partial charge in [0.25, 0.3) is 0 Å². The number of halogens is 2. The predicted octanol–water partition coefficient (Wildman–Crippen LogP) is 3.49. The smallest absolute Gasteiger partial charge is 0.163 e. The quantitative estimate of drug-likeness (QED) is 0.626. The van der Waals surface area contributed by atoms with E-state index in [1.165, 1.54) is 11.6 Å². The summed E-state index contributed by atoms with van der Waals surface area (Å²) in [5.41, 5.74) is 4.07. The van der Waals surface area contributed by atoms with E-state index in [2.05, 4.69) is 5.43 Å². The molecule has 0 fully saturated rings. The van der Waals surface area contributed by atoms with Crippen LogP contribution in [0.5, 0.6) is 0 Å². The Hall–Kier alpha value is -1.78. The van der Waals surface area contributed by atoms with Crippen LogP contribution < -0.4 is 11.3 Å². The maximum Gasteiger partial charge on any atom is 0.163 e. The minimum atomic E-state index is -0.842. The third-order valence-corrected chi connectivity index (χ3v) is 3.36. The Bertz CT molecular complexity index is 543. The summed E-state index contributed by atoms with van der Waals surface area (Å²) in [6.07, 6.45) is 2.37. The van der Waals surface area contributed by atoms with E-state index in [0.29, 0.717) is 6.42 Å². The number of hydrazine groups is 1. The Balaban J connectivity index is 1.97. The van der Waals surface area contributed by atoms with Crippen molar-refractivity contribution in [2.75, 3.05) is 0 Å². The molecular weight excluding hydrogens is 258 g/mol. The molecule has 2 aromatic rings. The van der Waals surface area contributed by atoms with E-state index in [-0.39, 0.29) is 11.6 Å². The molecule has 0 aliphatic heterocycles. The van der Waals surface area contributed by atoms with Crippen LogP contribution in [0.25, 0.3) is 0 Å². The van der Waals surface area contributed by atoms with Gasteiger partial charge in [-0.2, -0.15) is 0 Å². The van der Waals surface area contributed by atoms with Crippen molar-refractivity contribution in [2.24, 2.45) is 5.84 Å². The molecule has 0 amide bonds. The van der Waals surface area contributed by atoms with E-state index in [4.69, 9.17) is 5.84 Å². The van der Waals surface area contributed by atoms with Crippen molar-refractivity contribution < 1.29 is 8.78 Å². The minimum Gasteiger partial charge on any atom is -0.271 e. The molecule has 0 saturated carbocycles. The molecule has 2 nitrogen and oxygen atoms in total. The normalized spacial score (nSPS) is 12.3. The van der Waals surface area contributed by atoms with Crippen molar-refractivity contribution in [3.8, 4) is 0 Å². The largest absolute Gasteiger partial charge is 0.271 e. The van der Waals surface area contributed by atoms with Crippen molar-refractivity contribution in [3.05, 3.63) is 71.3 Å². The van der Waals surface area contributed by atoms with E-state index in [0.717, 1.165) is 18.9 Å². The highest BCUT2D eigenvalue weighted by molar-refractivity contribution is 5.22. The molecule has 4 heteroatoms. The fourth-order valence-electron chi connectivity index (χ4n) is 2.27. The van der Waals surface area contributed by atoms with Crippen LogP contribution in [0.4, 0.5) is 8.78 Å². The van der Waals surface area contributed by atoms with Gasteiger partial charge in [0.05, 0.1) is 0 Å². The summed E-state index contributed by atoms with van der Waals surface area (Å²) in [5.74, 6) is 3.80. The highest BCUT2D eigenvalue weighted by Gasteiger charge is 2.16. The lowest BCUT2D eigenvalue weighted by Crippen LogP contribution is -2.29. The zero-order valence-corrected chi connectivity index (χ0v) is 11.2. The molecule has 0 spiro atoms. The van der Waals surface area contributed by atoms with Crippen molar-refractivity contribution >= 4 is 0 Å². The third kappa shape index (κ3) is 3.62. The van der Waals surface area contributed by atoms with Gasteiger partial charge in [0.2, 0.25) is 0 Å². The zero-order chi connectivity index (χ0) is 14.4. The van der Waals surface area contributed by atoms with Crippen LogP contribution in [0, 0.1) is 11.6 Å². The highest BCUT2D eigenvalue weighted by atomic mass is 19.2. The molecule has 106 valence electrons. The molecule has 0 heterocycles. The molecule has 0 aromatic heterocycles. The van der Waals surface area contributed by atoms with Crippen LogP contribution in [0.1, 0.15) is 30.0 Å². The molecule has 2 aromatic carbocycles. The number of nitrogens with two attached hydrogens (primary N) is 1. The highest BCUT2D eigenvalue weighted by Crippen LogP contribution is 2.23. The van der Waals surface area contributed by atoms with Gasteiger partial charge in [-0.15, -0.1) is 0 Å². The molecule has 2 rings (SSSR count). The summed E-state index contributed by atoms with van der Waals surface area (Å²) >= 11 is 0. The van der Waals surface area contributed by atoms with Crippen molar-refractivity contribution in [2.45, 2.75) is 25.3 Å². The van der Waals surface area contributed by atoms with Gasteiger partial charge >= 0.3 is 0 Å². The van der Waals surface area contributed by atoms with Crippen molar-refractivity contribution in [3.63, 3.8) is 0 Å². The number of aryl methyl sites for hydroxylation is 1. The molecule has 0 saturated heterocycles. The van der Waals surface area contributed by atoms with E-state index < -0.39 is 11.6 Å². The van der Waals surface area contributed by atoms with E-state index in [9.17, 15) is 8.78 Å². The van der Waals surface area contributed by atoms with Gasteiger partial charge in [0.1, 0.15) is 0 Å². The van der Waals surface area contributed by atoms with Crippen LogP contribution in [0.15, 0.2) is 48.5 Å². The molecule has 1 atom stereocenters. The molecular formula is C16H18F2N2. The Kier molecular flexibility index (Phi) is 5.21. The van der Waals surface area contributed by atoms with Crippen LogP contribution >= 0.6 is 0 Å². The van der Waals surface area contributed by atoms with Crippen LogP contribution in [0.3, 0.4) is 0 Å². The number of benzene rings is 2. The molecule has 3 N–H and O–H groups in total. The Morgan fingerprint density at radius 1 is 1.00 bits per heavy atom. The van der Waals surface area contributed by atoms with Gasteiger partial charge in [-0.1, -0.05) is 42.5 Å². The Morgan fingerprint density at radius 2 is 1.75 bits per heavy atom. The maximum atomic E-state index is 13.7. The lowest BCUT2D eigenvalue weighted by molar-refractivity contribution is 0.445. The number of nitrogens with one attached hydrogen (secondary N) is 1. The molecule has 1 unspecified atom stereocenters. The summed E-state index contributed by atoms with van der Waals surface area (Å²) in [4.78, 5) is 0. The van der Waals surface area contributed by atoms with Crippen molar-refractivity contribution in [1.82, 2.24) is 5.43 Å². The van der Waals surface area contributed by atoms with Crippen LogP contribution in [-0.2, 0) is 6.42 Å². The summed E-state index contributed by atoms with van der Waals surface area (Å²) < 4.78 is 26.9. The lowest BCUT2D eigenvalue weighted by atomic mass is 9.99. The standard InChI is InChI=1S/C16H18F2N2/c17-14-10-5-9-13(16(14)18)15(20-19)11-4-8-12-6-2-1-3-7-12/h1-3,5-7,9-10,15,20H,4,8,11,19H2. The summed E-state index contributed by atoms with van der Waals surface area (Å²) in [6.45, 7) is 0. The number of hydrogen-bond donors (Lipinski definition) is 2. The summed E-state index contributed by atoms with van der Waals surface area (Å²) in [5, 5.41) is 0. The molecule has 20 heavy (non-hydrogen) atoms. The number of rotatable bonds is 6. The first-order valence-corrected chi connectivity index (χ1v) is 6.66. The first kappa shape index (κ1) is 14.6. The van der Waals surface area contributed by atoms with Gasteiger partial charge in [0.15, 0.2) is 11.6 Å². The molecule has 0 aliphatic rings. The second-order valence-corrected chi connectivity index (χ2v) is 4.74. The first-order chi connectivity index (χ1) is 9.72. The van der Waals surface area contributed by atoms with Crippen molar-refractivity contribution in [1.29, 1.82) is 0 Å². The van der Waals surface area contributed by atoms with Crippen LogP contribution in [-0.4, -0.2) is 0 Å². The zero-order valence-electron chi connectivity index (χ0n) is 11.2. The van der Waals surface area contributed by atoms with E-state index in [1.54, 1.807) is 6.07 Å². The summed E-state index contributed by atoms with van der Waals surface area (Å²) in [6, 6.07) is 13.8. The predicted molar refractivity (Wildman–Crippen MR) is 75.8 cm³/mol. The van der Waals surface area contributed by atoms with E-state index in [1.807, 2.05) is 30.3 Å². The summed E-state index contributed by atoms with van der Waals surface area (Å²) in [7, 11) is 0. The maximum absolute atomic E-state index is 13.7. The third-order valence-electron chi connectivity index (χ3n) is 3.36. The monoisotopic (exact) mass is 276 g/mol. The first-order valence-electron chi connectivity index (χ1n) is 6.66. The van der Waals surface area contributed by atoms with E-state index >= 15 is 0 Å². The average Bonchev–Trinajstić information content (AvgIpc) is 2.48. The molecule has 0 bridgehead atoms. The van der Waals surface area contributed by atoms with Gasteiger partial charge in [-0.25, -0.2) is 8.78 Å². The molecule has 0 radical (unpaired) electrons. The van der Waals surface area contributed by atoms with Gasteiger partial charge in [0, 0.05) is 11.6 Å². The SMILES string of the molecule is NNC(CCCc1ccccc1)c1cccc(F)c1F. The average molecular weight is 276 g/mol. The van der Waals surface area contributed by atoms with Gasteiger partial charge < -0.3 is 0 Å². The fourth-order valence-corrected chi connectivity index (χ4v) is 2.27. The minimum absolute atomic E-state index is 0.278. The Morgan fingerprint density at radius 3 is 2.45 bits per heavy atom. The molecule has 0 aliphatic carbocycles. The fraction of sp³-hybridized carbons (Fsp3) is 0.250. The Labute approximate surface area is 117 Å². The van der Waals surface area contributed by atoms with Gasteiger partial charge in [-0.3, -0.25) is 11.3 Å². The second kappa shape index (κ2) is 7.12.